The molecule has 5 aliphatic heterocycles. The van der Waals surface area contributed by atoms with Crippen LogP contribution in [0, 0.1) is 5.82 Å². The van der Waals surface area contributed by atoms with Crippen LogP contribution in [-0.4, -0.2) is 47.3 Å². The summed E-state index contributed by atoms with van der Waals surface area (Å²) in [6, 6.07) is 96.4. The number of methoxy groups -OCH3 is 2. The predicted octanol–water partition coefficient (Wildman–Crippen LogP) is 22.4. The maximum atomic E-state index is 13.2. The summed E-state index contributed by atoms with van der Waals surface area (Å²) in [6.45, 7) is 6.24. The van der Waals surface area contributed by atoms with Crippen LogP contribution in [-0.2, 0) is 25.7 Å². The van der Waals surface area contributed by atoms with Crippen molar-refractivity contribution in [2.24, 2.45) is 0 Å². The first-order valence-corrected chi connectivity index (χ1v) is 36.6. The number of hydrogen-bond donors (Lipinski definition) is 0. The van der Waals surface area contributed by atoms with E-state index in [2.05, 4.69) is 225 Å². The maximum absolute atomic E-state index is 13.2. The lowest BCUT2D eigenvalue weighted by Crippen LogP contribution is -2.12. The Morgan fingerprint density at radius 2 is 0.802 bits per heavy atom. The molecule has 11 aromatic carbocycles. The molecular weight excluding hydrogens is 1250 g/mol. The third-order valence-electron chi connectivity index (χ3n) is 21.4. The molecule has 7 nitrogen and oxygen atoms in total. The fraction of sp³-hybridized carbons (Fsp3) is 0.290. The zero-order valence-electron chi connectivity index (χ0n) is 58.7. The van der Waals surface area contributed by atoms with E-state index in [0.29, 0.717) is 47.3 Å². The lowest BCUT2D eigenvalue weighted by Gasteiger charge is -2.26. The van der Waals surface area contributed by atoms with Crippen molar-refractivity contribution < 1.29 is 37.5 Å². The maximum Gasteiger partial charge on any atom is 0.126 e. The molecule has 0 amide bonds. The predicted molar refractivity (Wildman–Crippen MR) is 406 cm³/mol. The molecule has 11 aromatic rings. The lowest BCUT2D eigenvalue weighted by atomic mass is 9.77. The summed E-state index contributed by atoms with van der Waals surface area (Å²) in [7, 11) is 3.39. The fourth-order valence-electron chi connectivity index (χ4n) is 16.1. The Morgan fingerprint density at radius 3 is 1.42 bits per heavy atom. The van der Waals surface area contributed by atoms with Crippen LogP contribution in [0.15, 0.2) is 279 Å². The second-order valence-corrected chi connectivity index (χ2v) is 27.4. The number of para-hydroxylation sites is 2. The number of aryl methyl sites for hydroxylation is 2. The third-order valence-corrected chi connectivity index (χ3v) is 21.4. The van der Waals surface area contributed by atoms with Gasteiger partial charge in [-0.2, -0.15) is 0 Å². The molecule has 0 saturated carbocycles. The molecule has 1 aliphatic carbocycles. The fourth-order valence-corrected chi connectivity index (χ4v) is 16.1. The smallest absolute Gasteiger partial charge is 0.126 e. The Labute approximate surface area is 598 Å². The minimum absolute atomic E-state index is 0.177. The second-order valence-electron chi connectivity index (χ2n) is 27.4. The van der Waals surface area contributed by atoms with Gasteiger partial charge in [-0.3, -0.25) is 0 Å². The molecule has 0 bridgehead atoms. The summed E-state index contributed by atoms with van der Waals surface area (Å²) < 4.78 is 53.4. The van der Waals surface area contributed by atoms with E-state index in [0.717, 1.165) is 131 Å². The van der Waals surface area contributed by atoms with Crippen molar-refractivity contribution >= 4 is 0 Å². The molecular formula is C93H95FO7. The van der Waals surface area contributed by atoms with Crippen LogP contribution in [0.4, 0.5) is 4.39 Å². The summed E-state index contributed by atoms with van der Waals surface area (Å²) in [6.07, 6.45) is 11.8. The SMILES string of the molecule is CC1c2ccccc2OCC[C@@H]1c1ccccc1.COc1ccc2c(c1)C[C@@H](c1ccccc1)CCO2.COc1ccc2c(c1)OCC[C@H](c1ccccc1)C2.Fc1ccc(CC[C@H]2c3ccccc3OCC[C@@H]2c2ccccc2)cc1.c1ccc([C@H]2CCOc3cccc4c3[C@@H]2CC4)cc1. The Morgan fingerprint density at radius 1 is 0.347 bits per heavy atom. The molecule has 6 aliphatic rings. The molecule has 17 rings (SSSR count). The summed E-state index contributed by atoms with van der Waals surface area (Å²) in [5.74, 6) is 11.0. The number of benzene rings is 11. The highest BCUT2D eigenvalue weighted by Gasteiger charge is 2.36. The van der Waals surface area contributed by atoms with Gasteiger partial charge >= 0.3 is 0 Å². The monoisotopic (exact) mass is 1340 g/mol. The van der Waals surface area contributed by atoms with E-state index in [4.69, 9.17) is 33.2 Å². The number of rotatable bonds is 10. The van der Waals surface area contributed by atoms with Crippen LogP contribution in [0.1, 0.15) is 166 Å². The number of halogens is 1. The van der Waals surface area contributed by atoms with Gasteiger partial charge in [0.1, 0.15) is 46.1 Å². The van der Waals surface area contributed by atoms with Crippen LogP contribution in [0.25, 0.3) is 0 Å². The Balaban J connectivity index is 0.000000114. The lowest BCUT2D eigenvalue weighted by molar-refractivity contribution is 0.306. The van der Waals surface area contributed by atoms with E-state index in [1.165, 1.54) is 79.6 Å². The van der Waals surface area contributed by atoms with Crippen molar-refractivity contribution in [1.29, 1.82) is 0 Å². The van der Waals surface area contributed by atoms with Crippen LogP contribution in [0.5, 0.6) is 40.2 Å². The van der Waals surface area contributed by atoms with E-state index < -0.39 is 0 Å². The van der Waals surface area contributed by atoms with Crippen LogP contribution < -0.4 is 33.2 Å². The molecule has 8 heteroatoms. The molecule has 0 fully saturated rings. The van der Waals surface area contributed by atoms with Gasteiger partial charge in [-0.15, -0.1) is 0 Å². The summed E-state index contributed by atoms with van der Waals surface area (Å²) in [5.41, 5.74) is 16.4. The zero-order chi connectivity index (χ0) is 69.0. The van der Waals surface area contributed by atoms with Crippen LogP contribution >= 0.6 is 0 Å². The minimum Gasteiger partial charge on any atom is -0.497 e. The highest BCUT2D eigenvalue weighted by Crippen LogP contribution is 2.51. The highest BCUT2D eigenvalue weighted by molar-refractivity contribution is 5.50. The van der Waals surface area contributed by atoms with Gasteiger partial charge in [-0.05, 0) is 234 Å². The van der Waals surface area contributed by atoms with E-state index in [9.17, 15) is 4.39 Å². The van der Waals surface area contributed by atoms with Gasteiger partial charge in [0.05, 0.1) is 47.3 Å². The second kappa shape index (κ2) is 34.8. The first-order chi connectivity index (χ1) is 49.8. The van der Waals surface area contributed by atoms with Gasteiger partial charge in [-0.25, -0.2) is 4.39 Å². The van der Waals surface area contributed by atoms with Crippen molar-refractivity contribution in [1.82, 2.24) is 0 Å². The molecule has 0 radical (unpaired) electrons. The number of fused-ring (bicyclic) bond motifs is 4. The Bertz CT molecular complexity index is 4340. The van der Waals surface area contributed by atoms with Gasteiger partial charge in [-0.1, -0.05) is 225 Å². The molecule has 0 N–H and O–H groups in total. The number of hydrogen-bond acceptors (Lipinski definition) is 7. The van der Waals surface area contributed by atoms with Crippen molar-refractivity contribution in [3.8, 4) is 40.2 Å². The number of ether oxygens (including phenoxy) is 7. The molecule has 0 spiro atoms. The summed E-state index contributed by atoms with van der Waals surface area (Å²) in [4.78, 5) is 0. The van der Waals surface area contributed by atoms with Crippen molar-refractivity contribution in [3.63, 3.8) is 0 Å². The molecule has 516 valence electrons. The van der Waals surface area contributed by atoms with E-state index >= 15 is 0 Å². The van der Waals surface area contributed by atoms with Crippen LogP contribution in [0.2, 0.25) is 0 Å². The zero-order valence-corrected chi connectivity index (χ0v) is 58.7. The Hall–Kier alpha value is -10.1. The van der Waals surface area contributed by atoms with Gasteiger partial charge in [0, 0.05) is 11.6 Å². The van der Waals surface area contributed by atoms with E-state index in [1.54, 1.807) is 26.4 Å². The van der Waals surface area contributed by atoms with Crippen LogP contribution in [0.3, 0.4) is 0 Å². The van der Waals surface area contributed by atoms with E-state index in [1.807, 2.05) is 48.5 Å². The quantitative estimate of drug-likeness (QED) is 0.135. The Kier molecular flexibility index (Phi) is 23.9. The topological polar surface area (TPSA) is 64.6 Å². The first kappa shape index (κ1) is 69.4. The summed E-state index contributed by atoms with van der Waals surface area (Å²) >= 11 is 0. The van der Waals surface area contributed by atoms with Crippen molar-refractivity contribution in [3.05, 3.63) is 352 Å². The molecule has 1 unspecified atom stereocenters. The molecule has 5 heterocycles. The minimum atomic E-state index is -0.177. The largest absolute Gasteiger partial charge is 0.497 e. The first-order valence-electron chi connectivity index (χ1n) is 36.6. The average molecular weight is 1340 g/mol. The molecule has 101 heavy (non-hydrogen) atoms. The van der Waals surface area contributed by atoms with Crippen molar-refractivity contribution in [2.45, 2.75) is 125 Å². The molecule has 0 aromatic heterocycles. The van der Waals surface area contributed by atoms with Gasteiger partial charge < -0.3 is 33.2 Å². The normalized spacial score (nSPS) is 20.4. The van der Waals surface area contributed by atoms with E-state index in [-0.39, 0.29) is 5.82 Å². The van der Waals surface area contributed by atoms with Gasteiger partial charge in [0.25, 0.3) is 0 Å². The molecule has 8 atom stereocenters. The average Bonchev–Trinajstić information content (AvgIpc) is 1.66. The van der Waals surface area contributed by atoms with Crippen molar-refractivity contribution in [2.75, 3.05) is 47.3 Å². The third kappa shape index (κ3) is 17.8. The standard InChI is InChI=1S/C24H23FO.C18H18O.2C17H18O2.C17H18O/c25-20-13-10-18(11-14-20)12-15-22-21(19-6-2-1-3-7-19)16-17-26-24-9-5-4-8-23(22)24;1-2-5-13(6-3-1)15-11-12-19-17-8-4-7-14-9-10-16(15)18(14)17;1-18-16-7-8-17-15(12-16)11-14(9-10-19-17)13-5-3-2-4-6-13;1-18-16-8-7-15-11-14(9-10-19-17(15)12-16)13-5-3-2-4-6-13;1-13-15(14-7-3-2-4-8-14)11-12-18-17-10-6-5-9-16(13)17/h1-11,13-14,21-22H,12,15-17H2;1-8,15-16H,9-12H2;2*2-8,12,14H,9-11H2,1H3;2-10,13,15H,11-12H2,1H3/t21-,22-;15-,16-;2*14-;13?,15-/m11000/s1. The molecule has 0 saturated heterocycles. The summed E-state index contributed by atoms with van der Waals surface area (Å²) in [5, 5.41) is 0. The van der Waals surface area contributed by atoms with Gasteiger partial charge in [0.2, 0.25) is 0 Å². The van der Waals surface area contributed by atoms with Gasteiger partial charge in [0.15, 0.2) is 0 Å². The highest BCUT2D eigenvalue weighted by atomic mass is 19.1.